The Kier molecular flexibility index (Phi) is 7.88. The van der Waals surface area contributed by atoms with Crippen LogP contribution in [0.25, 0.3) is 6.08 Å². The van der Waals surface area contributed by atoms with Gasteiger partial charge >= 0.3 is 0 Å². The van der Waals surface area contributed by atoms with E-state index in [0.29, 0.717) is 30.8 Å². The van der Waals surface area contributed by atoms with Crippen molar-refractivity contribution in [1.82, 2.24) is 10.6 Å². The summed E-state index contributed by atoms with van der Waals surface area (Å²) >= 11 is 0. The van der Waals surface area contributed by atoms with Gasteiger partial charge in [-0.1, -0.05) is 57.9 Å². The molecule has 4 atom stereocenters. The van der Waals surface area contributed by atoms with E-state index in [9.17, 15) is 20.0 Å². The van der Waals surface area contributed by atoms with Gasteiger partial charge in [-0.2, -0.15) is 5.26 Å². The molecule has 2 amide bonds. The first-order valence-corrected chi connectivity index (χ1v) is 12.5. The van der Waals surface area contributed by atoms with Crippen LogP contribution in [0.15, 0.2) is 29.8 Å². The zero-order chi connectivity index (χ0) is 25.1. The highest BCUT2D eigenvalue weighted by molar-refractivity contribution is 6.03. The second-order valence-corrected chi connectivity index (χ2v) is 11.3. The summed E-state index contributed by atoms with van der Waals surface area (Å²) < 4.78 is 0. The molecule has 2 aliphatic carbocycles. The number of fused-ring (bicyclic) bond motifs is 1. The van der Waals surface area contributed by atoms with Gasteiger partial charge in [0, 0.05) is 17.0 Å². The van der Waals surface area contributed by atoms with Crippen LogP contribution in [0.1, 0.15) is 84.3 Å². The highest BCUT2D eigenvalue weighted by atomic mass is 16.3. The lowest BCUT2D eigenvalue weighted by Crippen LogP contribution is -2.51. The largest absolute Gasteiger partial charge is 0.390 e. The number of amides is 2. The molecule has 184 valence electrons. The quantitative estimate of drug-likeness (QED) is 0.535. The third-order valence-electron chi connectivity index (χ3n) is 7.08. The summed E-state index contributed by atoms with van der Waals surface area (Å²) in [6.45, 7) is 9.59. The van der Waals surface area contributed by atoms with E-state index >= 15 is 0 Å². The maximum absolute atomic E-state index is 13.6. The summed E-state index contributed by atoms with van der Waals surface area (Å²) in [4.78, 5) is 26.7. The second-order valence-electron chi connectivity index (χ2n) is 11.3. The minimum Gasteiger partial charge on any atom is -0.390 e. The molecule has 0 spiro atoms. The molecule has 0 bridgehead atoms. The monoisotopic (exact) mass is 465 g/mol. The number of nitrogens with one attached hydrogen (secondary N) is 2. The fourth-order valence-corrected chi connectivity index (χ4v) is 5.71. The number of hydrogen-bond acceptors (Lipinski definition) is 4. The average Bonchev–Trinajstić information content (AvgIpc) is 3.04. The van der Waals surface area contributed by atoms with Crippen LogP contribution in [0.3, 0.4) is 0 Å². The molecule has 2 aliphatic rings. The summed E-state index contributed by atoms with van der Waals surface area (Å²) in [7, 11) is 0. The zero-order valence-corrected chi connectivity index (χ0v) is 21.1. The third kappa shape index (κ3) is 5.88. The van der Waals surface area contributed by atoms with Crippen molar-refractivity contribution in [3.8, 4) is 6.07 Å². The van der Waals surface area contributed by atoms with Crippen LogP contribution >= 0.6 is 0 Å². The molecule has 1 aromatic rings. The van der Waals surface area contributed by atoms with Crippen LogP contribution in [0.5, 0.6) is 0 Å². The molecule has 1 saturated carbocycles. The Hall–Kier alpha value is -2.65. The van der Waals surface area contributed by atoms with Gasteiger partial charge < -0.3 is 15.7 Å². The topological polar surface area (TPSA) is 102 Å². The molecule has 1 fully saturated rings. The highest BCUT2D eigenvalue weighted by Crippen LogP contribution is 2.46. The molecule has 3 rings (SSSR count). The molecule has 0 saturated heterocycles. The third-order valence-corrected chi connectivity index (χ3v) is 7.08. The van der Waals surface area contributed by atoms with Gasteiger partial charge in [0.15, 0.2) is 0 Å². The van der Waals surface area contributed by atoms with Crippen LogP contribution in [0.2, 0.25) is 0 Å². The van der Waals surface area contributed by atoms with E-state index < -0.39 is 17.1 Å². The molecule has 0 aromatic heterocycles. The van der Waals surface area contributed by atoms with Crippen LogP contribution < -0.4 is 10.6 Å². The number of carbonyl (C=O) groups is 2. The first-order chi connectivity index (χ1) is 15.9. The van der Waals surface area contributed by atoms with Crippen molar-refractivity contribution in [3.63, 3.8) is 0 Å². The maximum atomic E-state index is 13.6. The minimum absolute atomic E-state index is 0.153. The predicted molar refractivity (Wildman–Crippen MR) is 134 cm³/mol. The molecule has 3 N–H and O–H groups in total. The van der Waals surface area contributed by atoms with Gasteiger partial charge in [0.1, 0.15) is 6.04 Å². The molecule has 6 heteroatoms. The van der Waals surface area contributed by atoms with Gasteiger partial charge in [-0.25, -0.2) is 0 Å². The number of nitriles is 1. The Labute approximate surface area is 203 Å². The number of rotatable bonds is 8. The van der Waals surface area contributed by atoms with Crippen LogP contribution in [-0.4, -0.2) is 34.6 Å². The van der Waals surface area contributed by atoms with Crippen LogP contribution in [0.4, 0.5) is 0 Å². The molecule has 1 unspecified atom stereocenters. The average molecular weight is 466 g/mol. The van der Waals surface area contributed by atoms with E-state index in [4.69, 9.17) is 0 Å². The number of carbonyl (C=O) groups excluding carboxylic acids is 2. The van der Waals surface area contributed by atoms with Crippen molar-refractivity contribution in [1.29, 1.82) is 5.26 Å². The van der Waals surface area contributed by atoms with E-state index in [0.717, 1.165) is 30.4 Å². The number of hydrogen-bond donors (Lipinski definition) is 3. The van der Waals surface area contributed by atoms with Crippen molar-refractivity contribution < 1.29 is 14.7 Å². The predicted octanol–water partition coefficient (Wildman–Crippen LogP) is 4.23. The SMILES string of the molecule is CC(C)C[C@@H](C#N)NC(=O)[C@@H]1CCCC[C@@H]1NC(=O)C1=Cc2ccccc2C1(C)CC(C)(C)O. The Balaban J connectivity index is 1.80. The van der Waals surface area contributed by atoms with E-state index in [1.807, 2.05) is 51.1 Å². The fourth-order valence-electron chi connectivity index (χ4n) is 5.71. The van der Waals surface area contributed by atoms with Crippen molar-refractivity contribution in [2.24, 2.45) is 11.8 Å². The van der Waals surface area contributed by atoms with E-state index in [2.05, 4.69) is 16.7 Å². The van der Waals surface area contributed by atoms with E-state index in [1.165, 1.54) is 0 Å². The molecule has 6 nitrogen and oxygen atoms in total. The normalized spacial score (nSPS) is 25.2. The smallest absolute Gasteiger partial charge is 0.248 e. The summed E-state index contributed by atoms with van der Waals surface area (Å²) in [6, 6.07) is 9.31. The Morgan fingerprint density at radius 2 is 1.91 bits per heavy atom. The molecule has 1 aromatic carbocycles. The number of nitrogens with zero attached hydrogens (tertiary/aromatic N) is 1. The highest BCUT2D eigenvalue weighted by Gasteiger charge is 2.44. The number of aliphatic hydroxyl groups is 1. The lowest BCUT2D eigenvalue weighted by molar-refractivity contribution is -0.128. The van der Waals surface area contributed by atoms with Gasteiger partial charge in [0.25, 0.3) is 0 Å². The Morgan fingerprint density at radius 1 is 1.24 bits per heavy atom. The van der Waals surface area contributed by atoms with Crippen LogP contribution in [0, 0.1) is 23.2 Å². The second kappa shape index (κ2) is 10.3. The Morgan fingerprint density at radius 3 is 2.56 bits per heavy atom. The van der Waals surface area contributed by atoms with Gasteiger partial charge in [0.05, 0.1) is 17.6 Å². The van der Waals surface area contributed by atoms with Crippen molar-refractivity contribution in [3.05, 3.63) is 41.0 Å². The van der Waals surface area contributed by atoms with Crippen molar-refractivity contribution in [2.45, 2.75) is 96.2 Å². The lowest BCUT2D eigenvalue weighted by Gasteiger charge is -2.36. The first-order valence-electron chi connectivity index (χ1n) is 12.5. The van der Waals surface area contributed by atoms with E-state index in [-0.39, 0.29) is 23.8 Å². The molecule has 0 radical (unpaired) electrons. The van der Waals surface area contributed by atoms with Gasteiger partial charge in [-0.05, 0) is 62.7 Å². The summed E-state index contributed by atoms with van der Waals surface area (Å²) in [5, 5.41) is 26.2. The number of benzene rings is 1. The van der Waals surface area contributed by atoms with Crippen molar-refractivity contribution >= 4 is 17.9 Å². The van der Waals surface area contributed by atoms with E-state index in [1.54, 1.807) is 13.8 Å². The summed E-state index contributed by atoms with van der Waals surface area (Å²) in [5.74, 6) is -0.395. The molecule has 34 heavy (non-hydrogen) atoms. The summed E-state index contributed by atoms with van der Waals surface area (Å²) in [5.41, 5.74) is 1.06. The molecule has 0 heterocycles. The minimum atomic E-state index is -0.957. The first kappa shape index (κ1) is 26.0. The van der Waals surface area contributed by atoms with Gasteiger partial charge in [-0.3, -0.25) is 9.59 Å². The molecule has 0 aliphatic heterocycles. The standard InChI is InChI=1S/C28H39N3O3/c1-18(2)14-20(16-29)30-25(32)21-11-7-9-13-24(21)31-26(33)23-15-19-10-6-8-12-22(19)28(23,5)17-27(3,4)34/h6,8,10,12,15,18,20-21,24,34H,7,9,11,13-14,17H2,1-5H3,(H,30,32)(H,31,33)/t20-,21+,24-,28?/m0/s1. The zero-order valence-electron chi connectivity index (χ0n) is 21.1. The van der Waals surface area contributed by atoms with Gasteiger partial charge in [0.2, 0.25) is 11.8 Å². The summed E-state index contributed by atoms with van der Waals surface area (Å²) in [6.07, 6.45) is 6.22. The lowest BCUT2D eigenvalue weighted by atomic mass is 9.71. The Bertz CT molecular complexity index is 985. The fraction of sp³-hybridized carbons (Fsp3) is 0.607. The molecular formula is C28H39N3O3. The molecular weight excluding hydrogens is 426 g/mol. The maximum Gasteiger partial charge on any atom is 0.248 e. The van der Waals surface area contributed by atoms with Gasteiger partial charge in [-0.15, -0.1) is 0 Å². The van der Waals surface area contributed by atoms with Crippen molar-refractivity contribution in [2.75, 3.05) is 0 Å². The van der Waals surface area contributed by atoms with Crippen LogP contribution in [-0.2, 0) is 15.0 Å².